The minimum atomic E-state index is -4.21. The highest BCUT2D eigenvalue weighted by molar-refractivity contribution is 8.08. The van der Waals surface area contributed by atoms with Crippen LogP contribution < -0.4 is 9.47 Å². The first kappa shape index (κ1) is 30.1. The van der Waals surface area contributed by atoms with Crippen molar-refractivity contribution in [1.82, 2.24) is 0 Å². The van der Waals surface area contributed by atoms with E-state index in [1.807, 2.05) is 0 Å². The molecule has 0 aliphatic heterocycles. The molecule has 2 aromatic carbocycles. The quantitative estimate of drug-likeness (QED) is 0.400. The Labute approximate surface area is 217 Å². The summed E-state index contributed by atoms with van der Waals surface area (Å²) in [7, 11) is -8.43. The van der Waals surface area contributed by atoms with E-state index in [2.05, 4.69) is 0 Å². The summed E-state index contributed by atoms with van der Waals surface area (Å²) in [5, 5.41) is -1.16. The van der Waals surface area contributed by atoms with Crippen LogP contribution in [0.3, 0.4) is 0 Å². The molecule has 0 radical (unpaired) electrons. The topological polar surface area (TPSA) is 139 Å². The zero-order valence-electron chi connectivity index (χ0n) is 21.6. The molecule has 0 aliphatic carbocycles. The van der Waals surface area contributed by atoms with E-state index in [1.165, 1.54) is 48.5 Å². The van der Waals surface area contributed by atoms with Crippen molar-refractivity contribution in [2.24, 2.45) is 0 Å². The molecule has 2 aromatic rings. The zero-order chi connectivity index (χ0) is 28.1. The molecule has 0 saturated carbocycles. The molecule has 0 aliphatic rings. The monoisotopic (exact) mass is 556 g/mol. The number of carbonyl (C=O) groups is 2. The molecule has 0 atom stereocenters. The Kier molecular flexibility index (Phi) is 9.37. The summed E-state index contributed by atoms with van der Waals surface area (Å²) < 4.78 is 71.8. The van der Waals surface area contributed by atoms with Gasteiger partial charge in [0.1, 0.15) is 22.7 Å². The van der Waals surface area contributed by atoms with Gasteiger partial charge in [0.2, 0.25) is 0 Å². The Morgan fingerprint density at radius 3 is 1.16 bits per heavy atom. The maximum Gasteiger partial charge on any atom is 0.344 e. The minimum absolute atomic E-state index is 0.217. The van der Waals surface area contributed by atoms with Crippen molar-refractivity contribution in [3.63, 3.8) is 0 Å². The number of rotatable bonds is 10. The van der Waals surface area contributed by atoms with Gasteiger partial charge in [-0.2, -0.15) is 0 Å². The average molecular weight is 557 g/mol. The summed E-state index contributed by atoms with van der Waals surface area (Å²) in [6, 6.07) is 10.1. The van der Waals surface area contributed by atoms with Crippen LogP contribution in [0.2, 0.25) is 0 Å². The lowest BCUT2D eigenvalue weighted by Gasteiger charge is -2.19. The number of sulfone groups is 2. The van der Waals surface area contributed by atoms with E-state index in [-0.39, 0.29) is 34.5 Å². The normalized spacial score (nSPS) is 12.5. The van der Waals surface area contributed by atoms with Crippen LogP contribution in [0.1, 0.15) is 41.5 Å². The van der Waals surface area contributed by atoms with Gasteiger partial charge in [-0.3, -0.25) is 0 Å². The molecule has 0 amide bonds. The number of carbonyl (C=O) groups excluding carboxylic acids is 2. The number of hydrogen-bond acceptors (Lipinski definition) is 10. The van der Waals surface area contributed by atoms with Crippen LogP contribution in [0.5, 0.6) is 11.5 Å². The molecule has 0 unspecified atom stereocenters. The Balaban J connectivity index is 2.01. The van der Waals surface area contributed by atoms with Crippen molar-refractivity contribution >= 4 is 31.6 Å². The van der Waals surface area contributed by atoms with Gasteiger partial charge in [0.25, 0.3) is 0 Å². The van der Waals surface area contributed by atoms with E-state index in [1.54, 1.807) is 41.5 Å². The maximum atomic E-state index is 12.7. The summed E-state index contributed by atoms with van der Waals surface area (Å²) in [6.07, 6.45) is 0. The van der Waals surface area contributed by atoms with E-state index < -0.39 is 47.9 Å². The van der Waals surface area contributed by atoms with Crippen molar-refractivity contribution in [2.45, 2.75) is 62.5 Å². The smallest absolute Gasteiger partial charge is 0.344 e. The molecular formula is C25H32O10S2. The summed E-state index contributed by atoms with van der Waals surface area (Å²) in [5.41, 5.74) is -1.34. The Bertz CT molecular complexity index is 1190. The highest BCUT2D eigenvalue weighted by atomic mass is 32.3. The first-order valence-corrected chi connectivity index (χ1v) is 14.5. The molecule has 12 heteroatoms. The minimum Gasteiger partial charge on any atom is -0.482 e. The zero-order valence-corrected chi connectivity index (χ0v) is 23.3. The van der Waals surface area contributed by atoms with Crippen LogP contribution in [0.15, 0.2) is 58.3 Å². The van der Waals surface area contributed by atoms with E-state index in [0.717, 1.165) is 0 Å². The van der Waals surface area contributed by atoms with Crippen LogP contribution in [-0.2, 0) is 38.7 Å². The molecule has 37 heavy (non-hydrogen) atoms. The SMILES string of the molecule is CC(C)(C)OC(=O)COc1ccc(S(=O)(=O)CS(=O)(=O)c2ccc(OCC(=O)OC(C)(C)C)cc2)cc1. The van der Waals surface area contributed by atoms with Gasteiger partial charge in [0.15, 0.2) is 38.0 Å². The molecule has 204 valence electrons. The highest BCUT2D eigenvalue weighted by Crippen LogP contribution is 2.23. The fourth-order valence-electron chi connectivity index (χ4n) is 2.85. The summed E-state index contributed by atoms with van der Waals surface area (Å²) in [6.45, 7) is 9.56. The fourth-order valence-corrected chi connectivity index (χ4v) is 6.68. The van der Waals surface area contributed by atoms with Gasteiger partial charge in [-0.15, -0.1) is 0 Å². The summed E-state index contributed by atoms with van der Waals surface area (Å²) in [5.74, 6) is -0.739. The third-order valence-electron chi connectivity index (χ3n) is 4.23. The Hall–Kier alpha value is -3.12. The second kappa shape index (κ2) is 11.5. The molecule has 0 saturated heterocycles. The van der Waals surface area contributed by atoms with Gasteiger partial charge in [-0.05, 0) is 90.1 Å². The molecular weight excluding hydrogens is 524 g/mol. The largest absolute Gasteiger partial charge is 0.482 e. The van der Waals surface area contributed by atoms with Gasteiger partial charge in [0, 0.05) is 0 Å². The van der Waals surface area contributed by atoms with Gasteiger partial charge >= 0.3 is 11.9 Å². The van der Waals surface area contributed by atoms with E-state index in [4.69, 9.17) is 18.9 Å². The predicted octanol–water partition coefficient (Wildman–Crippen LogP) is 3.33. The third kappa shape index (κ3) is 10.4. The lowest BCUT2D eigenvalue weighted by Crippen LogP contribution is -2.27. The highest BCUT2D eigenvalue weighted by Gasteiger charge is 2.26. The average Bonchev–Trinajstić information content (AvgIpc) is 2.74. The molecule has 0 bridgehead atoms. The van der Waals surface area contributed by atoms with Crippen molar-refractivity contribution < 1.29 is 45.4 Å². The maximum absolute atomic E-state index is 12.7. The molecule has 0 aromatic heterocycles. The molecule has 2 rings (SSSR count). The summed E-state index contributed by atoms with van der Waals surface area (Å²) in [4.78, 5) is 23.0. The molecule has 10 nitrogen and oxygen atoms in total. The lowest BCUT2D eigenvalue weighted by atomic mass is 10.2. The predicted molar refractivity (Wildman–Crippen MR) is 135 cm³/mol. The van der Waals surface area contributed by atoms with Crippen LogP contribution in [0, 0.1) is 0 Å². The first-order chi connectivity index (χ1) is 16.9. The number of hydrogen-bond donors (Lipinski definition) is 0. The second-order valence-corrected chi connectivity index (χ2v) is 14.4. The van der Waals surface area contributed by atoms with Crippen molar-refractivity contribution in [3.8, 4) is 11.5 Å². The van der Waals surface area contributed by atoms with Gasteiger partial charge in [0.05, 0.1) is 9.79 Å². The van der Waals surface area contributed by atoms with Crippen LogP contribution >= 0.6 is 0 Å². The number of esters is 2. The van der Waals surface area contributed by atoms with Crippen LogP contribution in [0.4, 0.5) is 0 Å². The molecule has 0 fully saturated rings. The van der Waals surface area contributed by atoms with Gasteiger partial charge < -0.3 is 18.9 Å². The van der Waals surface area contributed by atoms with Gasteiger partial charge in [-0.1, -0.05) is 0 Å². The van der Waals surface area contributed by atoms with Crippen LogP contribution in [0.25, 0.3) is 0 Å². The van der Waals surface area contributed by atoms with E-state index >= 15 is 0 Å². The van der Waals surface area contributed by atoms with Crippen molar-refractivity contribution in [2.75, 3.05) is 18.3 Å². The third-order valence-corrected chi connectivity index (χ3v) is 8.69. The van der Waals surface area contributed by atoms with Crippen molar-refractivity contribution in [3.05, 3.63) is 48.5 Å². The Morgan fingerprint density at radius 1 is 0.595 bits per heavy atom. The van der Waals surface area contributed by atoms with Gasteiger partial charge in [-0.25, -0.2) is 26.4 Å². The number of benzene rings is 2. The standard InChI is InChI=1S/C25H32O10S2/c1-24(2,3)34-22(26)15-32-18-7-11-20(12-8-18)36(28,29)17-37(30,31)21-13-9-19(10-14-21)33-16-23(27)35-25(4,5)6/h7-14H,15-17H2,1-6H3. The van der Waals surface area contributed by atoms with E-state index in [9.17, 15) is 26.4 Å². The molecule has 0 spiro atoms. The number of ether oxygens (including phenoxy) is 4. The lowest BCUT2D eigenvalue weighted by molar-refractivity contribution is -0.158. The molecule has 0 heterocycles. The second-order valence-electron chi connectivity index (χ2n) is 10.0. The first-order valence-electron chi connectivity index (χ1n) is 11.2. The fraction of sp³-hybridized carbons (Fsp3) is 0.440. The Morgan fingerprint density at radius 2 is 0.892 bits per heavy atom. The molecule has 0 N–H and O–H groups in total. The van der Waals surface area contributed by atoms with Crippen molar-refractivity contribution in [1.29, 1.82) is 0 Å². The summed E-state index contributed by atoms with van der Waals surface area (Å²) >= 11 is 0. The van der Waals surface area contributed by atoms with E-state index in [0.29, 0.717) is 0 Å². The van der Waals surface area contributed by atoms with Crippen LogP contribution in [-0.4, -0.2) is 58.3 Å².